The van der Waals surface area contributed by atoms with E-state index in [9.17, 15) is 19.2 Å². The lowest BCUT2D eigenvalue weighted by atomic mass is 9.71. The number of halogens is 2. The van der Waals surface area contributed by atoms with E-state index in [1.165, 1.54) is 11.8 Å². The van der Waals surface area contributed by atoms with Crippen molar-refractivity contribution in [1.29, 1.82) is 0 Å². The maximum Gasteiger partial charge on any atom is 0.302 e. The maximum absolute atomic E-state index is 12.8. The van der Waals surface area contributed by atoms with Crippen LogP contribution in [-0.2, 0) is 23.9 Å². The lowest BCUT2D eigenvalue weighted by molar-refractivity contribution is -0.157. The van der Waals surface area contributed by atoms with Gasteiger partial charge in [-0.2, -0.15) is 0 Å². The monoisotopic (exact) mass is 476 g/mol. The molecule has 0 aromatic rings. The molecule has 7 nitrogen and oxygen atoms in total. The molecule has 1 saturated heterocycles. The molecule has 176 valence electrons. The van der Waals surface area contributed by atoms with E-state index < -0.39 is 12.1 Å². The number of alkyl halides is 2. The summed E-state index contributed by atoms with van der Waals surface area (Å²) < 4.78 is 5.55. The van der Waals surface area contributed by atoms with Crippen LogP contribution in [0.1, 0.15) is 52.9 Å². The summed E-state index contributed by atoms with van der Waals surface area (Å²) in [6.45, 7) is 6.57. The molecule has 1 aliphatic heterocycles. The Kier molecular flexibility index (Phi) is 10.2. The van der Waals surface area contributed by atoms with Crippen molar-refractivity contribution < 1.29 is 23.9 Å². The minimum Gasteiger partial charge on any atom is -0.462 e. The minimum atomic E-state index is -0.601. The fourth-order valence-electron chi connectivity index (χ4n) is 4.84. The van der Waals surface area contributed by atoms with Crippen LogP contribution in [0.4, 0.5) is 0 Å². The molecule has 0 aromatic heterocycles. The molecular formula is C22H34Cl2N2O5. The lowest BCUT2D eigenvalue weighted by Gasteiger charge is -2.38. The Labute approximate surface area is 194 Å². The average Bonchev–Trinajstić information content (AvgIpc) is 2.67. The first-order chi connectivity index (χ1) is 14.7. The van der Waals surface area contributed by atoms with Gasteiger partial charge in [-0.15, -0.1) is 23.2 Å². The zero-order valence-corrected chi connectivity index (χ0v) is 20.2. The number of likely N-dealkylation sites (tertiary alicyclic amines) is 1. The van der Waals surface area contributed by atoms with Gasteiger partial charge in [-0.05, 0) is 31.1 Å². The molecule has 31 heavy (non-hydrogen) atoms. The number of rotatable bonds is 10. The van der Waals surface area contributed by atoms with Gasteiger partial charge in [0.25, 0.3) is 0 Å². The molecule has 4 atom stereocenters. The second-order valence-electron chi connectivity index (χ2n) is 9.00. The van der Waals surface area contributed by atoms with Gasteiger partial charge in [0.1, 0.15) is 11.9 Å². The largest absolute Gasteiger partial charge is 0.462 e. The molecule has 1 heterocycles. The fourth-order valence-corrected chi connectivity index (χ4v) is 5.32. The topological polar surface area (TPSA) is 84.0 Å². The number of Topliss-reactive ketones (excluding diaryl/α,β-unsaturated/α-hetero) is 1. The van der Waals surface area contributed by atoms with E-state index in [-0.39, 0.29) is 54.9 Å². The highest BCUT2D eigenvalue weighted by Gasteiger charge is 2.42. The number of carbonyl (C=O) groups is 4. The van der Waals surface area contributed by atoms with Gasteiger partial charge in [0.15, 0.2) is 0 Å². The van der Waals surface area contributed by atoms with Gasteiger partial charge in [-0.1, -0.05) is 13.8 Å². The molecule has 0 aromatic carbocycles. The van der Waals surface area contributed by atoms with Crippen LogP contribution in [0, 0.1) is 23.7 Å². The van der Waals surface area contributed by atoms with Crippen LogP contribution in [0.15, 0.2) is 0 Å². The summed E-state index contributed by atoms with van der Waals surface area (Å²) in [6.07, 6.45) is 1.60. The van der Waals surface area contributed by atoms with Crippen LogP contribution < -0.4 is 0 Å². The first-order valence-corrected chi connectivity index (χ1v) is 12.1. The fraction of sp³-hybridized carbons (Fsp3) is 0.818. The predicted octanol–water partition coefficient (Wildman–Crippen LogP) is 3.06. The quantitative estimate of drug-likeness (QED) is 0.273. The third-order valence-electron chi connectivity index (χ3n) is 6.27. The Morgan fingerprint density at radius 3 is 2.19 bits per heavy atom. The Hall–Kier alpha value is -1.18. The van der Waals surface area contributed by atoms with Crippen LogP contribution in [-0.4, -0.2) is 71.0 Å². The third-order valence-corrected chi connectivity index (χ3v) is 6.60. The molecule has 2 amide bonds. The Morgan fingerprint density at radius 1 is 1.10 bits per heavy atom. The Bertz CT molecular complexity index is 650. The van der Waals surface area contributed by atoms with Gasteiger partial charge in [0.05, 0.1) is 12.6 Å². The standard InChI is InChI=1S/C22H34Cl2N2O5/c1-14-8-15(2)22(30)18(9-14)19(31-16(3)27)10-17-11-20(28)26(21(29)12-17)13-25(6-4-23)7-5-24/h14-15,17-19H,4-13H2,1-3H3/t14-,15+,18+,19-/m1/s1. The molecule has 0 radical (unpaired) electrons. The van der Waals surface area contributed by atoms with E-state index in [2.05, 4.69) is 6.92 Å². The second-order valence-corrected chi connectivity index (χ2v) is 9.75. The van der Waals surface area contributed by atoms with Crippen LogP contribution >= 0.6 is 23.2 Å². The maximum atomic E-state index is 12.8. The van der Waals surface area contributed by atoms with E-state index in [4.69, 9.17) is 27.9 Å². The van der Waals surface area contributed by atoms with Crippen molar-refractivity contribution in [3.05, 3.63) is 0 Å². The molecule has 9 heteroatoms. The Morgan fingerprint density at radius 2 is 1.68 bits per heavy atom. The van der Waals surface area contributed by atoms with Gasteiger partial charge >= 0.3 is 5.97 Å². The molecule has 1 saturated carbocycles. The van der Waals surface area contributed by atoms with Crippen molar-refractivity contribution in [2.75, 3.05) is 31.5 Å². The summed E-state index contributed by atoms with van der Waals surface area (Å²) in [7, 11) is 0. The highest BCUT2D eigenvalue weighted by Crippen LogP contribution is 2.36. The predicted molar refractivity (Wildman–Crippen MR) is 119 cm³/mol. The van der Waals surface area contributed by atoms with Gasteiger partial charge in [-0.3, -0.25) is 29.0 Å². The molecule has 2 rings (SSSR count). The number of nitrogens with zero attached hydrogens (tertiary/aromatic N) is 2. The van der Waals surface area contributed by atoms with Gasteiger partial charge < -0.3 is 4.74 Å². The van der Waals surface area contributed by atoms with Crippen molar-refractivity contribution in [2.24, 2.45) is 23.7 Å². The smallest absolute Gasteiger partial charge is 0.302 e. The number of imide groups is 1. The molecule has 2 aliphatic rings. The summed E-state index contributed by atoms with van der Waals surface area (Å²) in [5.41, 5.74) is 0. The van der Waals surface area contributed by atoms with E-state index in [1.807, 2.05) is 11.8 Å². The molecule has 0 bridgehead atoms. The number of amides is 2. The van der Waals surface area contributed by atoms with Crippen LogP contribution in [0.3, 0.4) is 0 Å². The molecular weight excluding hydrogens is 443 g/mol. The van der Waals surface area contributed by atoms with Crippen molar-refractivity contribution in [3.8, 4) is 0 Å². The lowest BCUT2D eigenvalue weighted by Crippen LogP contribution is -2.50. The van der Waals surface area contributed by atoms with Gasteiger partial charge in [0, 0.05) is 50.5 Å². The van der Waals surface area contributed by atoms with Crippen LogP contribution in [0.2, 0.25) is 0 Å². The zero-order chi connectivity index (χ0) is 23.1. The third kappa shape index (κ3) is 7.43. The van der Waals surface area contributed by atoms with E-state index in [1.54, 1.807) is 0 Å². The number of piperidine rings is 1. The molecule has 0 spiro atoms. The summed E-state index contributed by atoms with van der Waals surface area (Å²) in [5.74, 6) is -0.444. The number of hydrogen-bond donors (Lipinski definition) is 0. The van der Waals surface area contributed by atoms with Crippen LogP contribution in [0.25, 0.3) is 0 Å². The molecule has 2 fully saturated rings. The summed E-state index contributed by atoms with van der Waals surface area (Å²) in [4.78, 5) is 53.2. The SMILES string of the molecule is CC(=O)O[C@H](CC1CC(=O)N(CN(CCCl)CCCl)C(=O)C1)[C@@H]1C[C@H](C)C[C@H](C)C1=O. The molecule has 0 unspecified atom stereocenters. The average molecular weight is 477 g/mol. The number of ketones is 1. The highest BCUT2D eigenvalue weighted by molar-refractivity contribution is 6.18. The van der Waals surface area contributed by atoms with Gasteiger partial charge in [0.2, 0.25) is 11.8 Å². The zero-order valence-electron chi connectivity index (χ0n) is 18.6. The normalized spacial score (nSPS) is 26.5. The number of hydrogen-bond acceptors (Lipinski definition) is 6. The van der Waals surface area contributed by atoms with Crippen molar-refractivity contribution >= 4 is 46.8 Å². The number of esters is 1. The molecule has 0 N–H and O–H groups in total. The summed E-state index contributed by atoms with van der Waals surface area (Å²) >= 11 is 11.6. The minimum absolute atomic E-state index is 0.0771. The van der Waals surface area contributed by atoms with Crippen molar-refractivity contribution in [3.63, 3.8) is 0 Å². The van der Waals surface area contributed by atoms with Crippen LogP contribution in [0.5, 0.6) is 0 Å². The highest BCUT2D eigenvalue weighted by atomic mass is 35.5. The summed E-state index contributed by atoms with van der Waals surface area (Å²) in [5, 5.41) is 0. The van der Waals surface area contributed by atoms with Gasteiger partial charge in [-0.25, -0.2) is 0 Å². The van der Waals surface area contributed by atoms with Crippen molar-refractivity contribution in [1.82, 2.24) is 9.80 Å². The van der Waals surface area contributed by atoms with E-state index >= 15 is 0 Å². The molecule has 1 aliphatic carbocycles. The summed E-state index contributed by atoms with van der Waals surface area (Å²) in [6, 6.07) is 0. The number of ether oxygens (including phenoxy) is 1. The first-order valence-electron chi connectivity index (χ1n) is 11.0. The first kappa shape index (κ1) is 26.1. The Balaban J connectivity index is 2.06. The second kappa shape index (κ2) is 12.2. The van der Waals surface area contributed by atoms with Crippen molar-refractivity contribution in [2.45, 2.75) is 59.0 Å². The number of carbonyl (C=O) groups excluding carboxylic acids is 4. The van der Waals surface area contributed by atoms with E-state index in [0.717, 1.165) is 6.42 Å². The van der Waals surface area contributed by atoms with E-state index in [0.29, 0.717) is 43.6 Å².